The van der Waals surface area contributed by atoms with Crippen LogP contribution in [-0.4, -0.2) is 86.3 Å². The first-order valence-corrected chi connectivity index (χ1v) is 10.3. The van der Waals surface area contributed by atoms with Gasteiger partial charge in [-0.25, -0.2) is 9.59 Å². The average Bonchev–Trinajstić information content (AvgIpc) is 3.35. The van der Waals surface area contributed by atoms with Crippen LogP contribution in [0, 0.1) is 28.1 Å². The lowest BCUT2D eigenvalue weighted by atomic mass is 9.51. The molecule has 170 valence electrons. The molecule has 2 aliphatic carbocycles. The van der Waals surface area contributed by atoms with Gasteiger partial charge >= 0.3 is 17.9 Å². The maximum atomic E-state index is 13.4. The number of aliphatic hydroxyl groups excluding tert-OH is 3. The van der Waals surface area contributed by atoms with Gasteiger partial charge < -0.3 is 39.4 Å². The Morgan fingerprint density at radius 2 is 1.58 bits per heavy atom. The molecule has 6 rings (SSSR count). The number of ether oxygens (including phenoxy) is 4. The molecule has 4 N–H and O–H groups in total. The first-order chi connectivity index (χ1) is 14.3. The minimum absolute atomic E-state index is 0.792. The van der Waals surface area contributed by atoms with Crippen LogP contribution in [0.2, 0.25) is 0 Å². The molecule has 11 heteroatoms. The first-order valence-electron chi connectivity index (χ1n) is 10.3. The average molecular weight is 440 g/mol. The molecule has 6 aliphatic rings. The highest BCUT2D eigenvalue weighted by molar-refractivity contribution is 5.94. The highest BCUT2D eigenvalue weighted by atomic mass is 16.8. The van der Waals surface area contributed by atoms with Gasteiger partial charge in [-0.3, -0.25) is 4.79 Å². The minimum Gasteiger partial charge on any atom is -0.456 e. The molecule has 4 saturated heterocycles. The molecule has 2 spiro atoms. The molecular weight excluding hydrogens is 416 g/mol. The van der Waals surface area contributed by atoms with E-state index in [0.29, 0.717) is 0 Å². The summed E-state index contributed by atoms with van der Waals surface area (Å²) in [5.41, 5.74) is -9.40. The lowest BCUT2D eigenvalue weighted by Crippen LogP contribution is -2.67. The number of aliphatic hydroxyl groups is 4. The van der Waals surface area contributed by atoms with Crippen LogP contribution in [0.4, 0.5) is 0 Å². The van der Waals surface area contributed by atoms with Gasteiger partial charge in [-0.15, -0.1) is 0 Å². The van der Waals surface area contributed by atoms with E-state index in [2.05, 4.69) is 0 Å². The summed E-state index contributed by atoms with van der Waals surface area (Å²) in [6, 6.07) is 0. The fourth-order valence-electron chi connectivity index (χ4n) is 8.27. The van der Waals surface area contributed by atoms with Gasteiger partial charge in [0.05, 0.1) is 22.9 Å². The largest absolute Gasteiger partial charge is 0.456 e. The molecular formula is C20H24O11. The molecule has 0 amide bonds. The SMILES string of the molecule is C[C@@H]1C(=O)O[C@H]2[C@@H](O)[C@]34[C@@H]5OC(=O)[C@]3(O[C@@H]3OC(=O)[C@H](O)C34[C@H](C(C)(C)C)[C@H]5O)[C@@]12O. The fourth-order valence-corrected chi connectivity index (χ4v) is 8.27. The number of rotatable bonds is 0. The van der Waals surface area contributed by atoms with Crippen molar-refractivity contribution in [3.8, 4) is 0 Å². The number of hydrogen-bond donors (Lipinski definition) is 4. The molecule has 4 heterocycles. The first kappa shape index (κ1) is 19.9. The summed E-state index contributed by atoms with van der Waals surface area (Å²) in [5.74, 6) is -5.22. The summed E-state index contributed by atoms with van der Waals surface area (Å²) in [4.78, 5) is 38.3. The zero-order valence-electron chi connectivity index (χ0n) is 17.3. The van der Waals surface area contributed by atoms with E-state index >= 15 is 0 Å². The smallest absolute Gasteiger partial charge is 0.343 e. The lowest BCUT2D eigenvalue weighted by molar-refractivity contribution is -0.240. The van der Waals surface area contributed by atoms with Crippen LogP contribution in [0.5, 0.6) is 0 Å². The van der Waals surface area contributed by atoms with Crippen molar-refractivity contribution in [2.75, 3.05) is 0 Å². The molecule has 2 saturated carbocycles. The van der Waals surface area contributed by atoms with Gasteiger partial charge in [0.25, 0.3) is 0 Å². The Labute approximate surface area is 176 Å². The summed E-state index contributed by atoms with van der Waals surface area (Å²) < 4.78 is 22.2. The van der Waals surface area contributed by atoms with E-state index in [1.807, 2.05) is 0 Å². The molecule has 0 aromatic rings. The van der Waals surface area contributed by atoms with Crippen molar-refractivity contribution in [2.24, 2.45) is 28.1 Å². The highest BCUT2D eigenvalue weighted by Crippen LogP contribution is 2.84. The van der Waals surface area contributed by atoms with Gasteiger partial charge in [-0.1, -0.05) is 20.8 Å². The summed E-state index contributed by atoms with van der Waals surface area (Å²) in [6.45, 7) is 6.63. The third-order valence-electron chi connectivity index (χ3n) is 8.95. The minimum atomic E-state index is -2.40. The van der Waals surface area contributed by atoms with E-state index in [1.165, 1.54) is 6.92 Å². The fraction of sp³-hybridized carbons (Fsp3) is 0.850. The molecule has 4 aliphatic heterocycles. The highest BCUT2D eigenvalue weighted by Gasteiger charge is 3.05. The van der Waals surface area contributed by atoms with Crippen molar-refractivity contribution >= 4 is 17.9 Å². The lowest BCUT2D eigenvalue weighted by Gasteiger charge is -2.47. The second kappa shape index (κ2) is 4.91. The maximum absolute atomic E-state index is 13.4. The van der Waals surface area contributed by atoms with Gasteiger partial charge in [0, 0.05) is 5.92 Å². The van der Waals surface area contributed by atoms with Gasteiger partial charge in [0.1, 0.15) is 12.2 Å². The zero-order chi connectivity index (χ0) is 22.7. The van der Waals surface area contributed by atoms with Crippen LogP contribution in [0.25, 0.3) is 0 Å². The van der Waals surface area contributed by atoms with E-state index in [0.717, 1.165) is 0 Å². The number of carbonyl (C=O) groups is 3. The molecule has 0 aromatic heterocycles. The Balaban J connectivity index is 1.75. The topological polar surface area (TPSA) is 169 Å². The number of esters is 3. The molecule has 0 bridgehead atoms. The Kier molecular flexibility index (Phi) is 3.15. The van der Waals surface area contributed by atoms with Crippen LogP contribution < -0.4 is 0 Å². The molecule has 12 atom stereocenters. The van der Waals surface area contributed by atoms with Gasteiger partial charge in [0.15, 0.2) is 17.8 Å². The predicted molar refractivity (Wildman–Crippen MR) is 93.4 cm³/mol. The zero-order valence-corrected chi connectivity index (χ0v) is 17.3. The normalized spacial score (nSPS) is 61.0. The Morgan fingerprint density at radius 1 is 0.935 bits per heavy atom. The van der Waals surface area contributed by atoms with E-state index in [9.17, 15) is 34.8 Å². The van der Waals surface area contributed by atoms with E-state index in [4.69, 9.17) is 18.9 Å². The Bertz CT molecular complexity index is 957. The van der Waals surface area contributed by atoms with Gasteiger partial charge in [-0.05, 0) is 12.3 Å². The summed E-state index contributed by atoms with van der Waals surface area (Å²) in [7, 11) is 0. The standard InChI is InChI=1S/C20H24O11/c1-5-12(24)28-11-8(22)18-10-6(21)7(16(2,3)4)17(18)9(23)13(25)30-15(17)31-20(18,14(26)29-10)19(5,11)27/h5-11,15,21-23,27H,1-4H3/t5-,6-,7+,8-,9+,10-,11+,15+,17?,18-,19-,20-/m1/s1. The van der Waals surface area contributed by atoms with E-state index < -0.39 is 94.0 Å². The molecule has 1 unspecified atom stereocenters. The van der Waals surface area contributed by atoms with Crippen LogP contribution >= 0.6 is 0 Å². The monoisotopic (exact) mass is 440 g/mol. The number of fused-ring (bicyclic) bond motifs is 1. The van der Waals surface area contributed by atoms with Crippen molar-refractivity contribution in [1.29, 1.82) is 0 Å². The third kappa shape index (κ3) is 1.43. The van der Waals surface area contributed by atoms with E-state index in [-0.39, 0.29) is 0 Å². The second-order valence-electron chi connectivity index (χ2n) is 10.8. The van der Waals surface area contributed by atoms with E-state index in [1.54, 1.807) is 20.8 Å². The van der Waals surface area contributed by atoms with Crippen LogP contribution in [0.1, 0.15) is 27.7 Å². The molecule has 6 fully saturated rings. The van der Waals surface area contributed by atoms with Gasteiger partial charge in [-0.2, -0.15) is 0 Å². The van der Waals surface area contributed by atoms with Crippen molar-refractivity contribution in [1.82, 2.24) is 0 Å². The predicted octanol–water partition coefficient (Wildman–Crippen LogP) is -2.40. The van der Waals surface area contributed by atoms with Crippen LogP contribution in [-0.2, 0) is 33.3 Å². The summed E-state index contributed by atoms with van der Waals surface area (Å²) in [5, 5.41) is 46.1. The Hall–Kier alpha value is -1.79. The third-order valence-corrected chi connectivity index (χ3v) is 8.95. The quantitative estimate of drug-likeness (QED) is 0.234. The van der Waals surface area contributed by atoms with Crippen molar-refractivity contribution in [3.63, 3.8) is 0 Å². The molecule has 11 nitrogen and oxygen atoms in total. The van der Waals surface area contributed by atoms with Crippen molar-refractivity contribution in [3.05, 3.63) is 0 Å². The van der Waals surface area contributed by atoms with Crippen LogP contribution in [0.15, 0.2) is 0 Å². The number of carbonyl (C=O) groups excluding carboxylic acids is 3. The maximum Gasteiger partial charge on any atom is 0.343 e. The van der Waals surface area contributed by atoms with Crippen molar-refractivity contribution < 1.29 is 53.8 Å². The molecule has 31 heavy (non-hydrogen) atoms. The molecule has 0 aromatic carbocycles. The second-order valence-corrected chi connectivity index (χ2v) is 10.8. The Morgan fingerprint density at radius 3 is 2.19 bits per heavy atom. The van der Waals surface area contributed by atoms with Crippen LogP contribution in [0.3, 0.4) is 0 Å². The number of hydrogen-bond acceptors (Lipinski definition) is 11. The summed E-state index contributed by atoms with van der Waals surface area (Å²) >= 11 is 0. The van der Waals surface area contributed by atoms with Gasteiger partial charge in [0.2, 0.25) is 11.9 Å². The van der Waals surface area contributed by atoms with Crippen molar-refractivity contribution in [2.45, 2.75) is 75.7 Å². The molecule has 0 radical (unpaired) electrons. The summed E-state index contributed by atoms with van der Waals surface area (Å²) in [6.07, 6.45) is -9.69.